The van der Waals surface area contributed by atoms with E-state index in [4.69, 9.17) is 21.4 Å². The van der Waals surface area contributed by atoms with Gasteiger partial charge in [-0.25, -0.2) is 4.39 Å². The lowest BCUT2D eigenvalue weighted by Crippen LogP contribution is -1.96. The monoisotopic (exact) mass is 297 g/mol. The van der Waals surface area contributed by atoms with Crippen LogP contribution in [0.5, 0.6) is 11.5 Å². The molecule has 20 heavy (non-hydrogen) atoms. The number of benzene rings is 2. The molecule has 0 heterocycles. The third kappa shape index (κ3) is 2.87. The smallest absolute Gasteiger partial charge is 0.271 e. The first-order valence-electron chi connectivity index (χ1n) is 5.53. The van der Waals surface area contributed by atoms with Crippen LogP contribution in [-0.4, -0.2) is 10.0 Å². The van der Waals surface area contributed by atoms with E-state index < -0.39 is 17.3 Å². The molecule has 0 aliphatic rings. The van der Waals surface area contributed by atoms with E-state index >= 15 is 0 Å². The Morgan fingerprint density at radius 2 is 2.05 bits per heavy atom. The molecule has 2 rings (SSSR count). The van der Waals surface area contributed by atoms with Crippen LogP contribution in [0.15, 0.2) is 36.4 Å². The highest BCUT2D eigenvalue weighted by Gasteiger charge is 2.14. The zero-order valence-electron chi connectivity index (χ0n) is 10.0. The lowest BCUT2D eigenvalue weighted by Gasteiger charge is -2.11. The number of aliphatic hydroxyl groups excluding tert-OH is 1. The second-order valence-corrected chi connectivity index (χ2v) is 4.26. The number of rotatable bonds is 4. The van der Waals surface area contributed by atoms with E-state index in [0.717, 1.165) is 6.07 Å². The van der Waals surface area contributed by atoms with Crippen molar-refractivity contribution in [2.24, 2.45) is 0 Å². The molecule has 7 heteroatoms. The van der Waals surface area contributed by atoms with Crippen LogP contribution in [-0.2, 0) is 6.61 Å². The quantitative estimate of drug-likeness (QED) is 0.690. The predicted octanol–water partition coefficient (Wildman–Crippen LogP) is 3.67. The van der Waals surface area contributed by atoms with Crippen LogP contribution in [0, 0.1) is 15.9 Å². The summed E-state index contributed by atoms with van der Waals surface area (Å²) in [5.74, 6) is -0.371. The molecule has 2 aromatic carbocycles. The number of hydrogen-bond acceptors (Lipinski definition) is 4. The zero-order valence-corrected chi connectivity index (χ0v) is 10.8. The van der Waals surface area contributed by atoms with E-state index in [2.05, 4.69) is 0 Å². The van der Waals surface area contributed by atoms with E-state index in [1.165, 1.54) is 30.3 Å². The number of nitro benzene ring substituents is 1. The van der Waals surface area contributed by atoms with Gasteiger partial charge in [0.25, 0.3) is 5.69 Å². The zero-order chi connectivity index (χ0) is 14.7. The van der Waals surface area contributed by atoms with E-state index in [1.54, 1.807) is 0 Å². The van der Waals surface area contributed by atoms with Gasteiger partial charge >= 0.3 is 0 Å². The van der Waals surface area contributed by atoms with Crippen LogP contribution < -0.4 is 4.74 Å². The van der Waals surface area contributed by atoms with Crippen LogP contribution >= 0.6 is 11.6 Å². The van der Waals surface area contributed by atoms with E-state index in [9.17, 15) is 14.5 Å². The topological polar surface area (TPSA) is 72.6 Å². The fourth-order valence-electron chi connectivity index (χ4n) is 1.59. The Morgan fingerprint density at radius 1 is 1.30 bits per heavy atom. The number of aliphatic hydroxyl groups is 1. The van der Waals surface area contributed by atoms with Gasteiger partial charge in [0, 0.05) is 12.1 Å². The van der Waals surface area contributed by atoms with E-state index in [0.29, 0.717) is 0 Å². The molecule has 0 bridgehead atoms. The Bertz CT molecular complexity index is 663. The molecule has 5 nitrogen and oxygen atoms in total. The Hall–Kier alpha value is -2.18. The number of hydrogen-bond donors (Lipinski definition) is 1. The number of halogens is 2. The van der Waals surface area contributed by atoms with Gasteiger partial charge in [-0.15, -0.1) is 0 Å². The summed E-state index contributed by atoms with van der Waals surface area (Å²) in [4.78, 5) is 10.0. The molecule has 1 N–H and O–H groups in total. The highest BCUT2D eigenvalue weighted by Crippen LogP contribution is 2.34. The minimum Gasteiger partial charge on any atom is -0.455 e. The minimum atomic E-state index is -0.608. The fourth-order valence-corrected chi connectivity index (χ4v) is 1.81. The van der Waals surface area contributed by atoms with Crippen molar-refractivity contribution >= 4 is 17.3 Å². The van der Waals surface area contributed by atoms with Gasteiger partial charge in [-0.3, -0.25) is 10.1 Å². The van der Waals surface area contributed by atoms with Gasteiger partial charge in [0.15, 0.2) is 0 Å². The van der Waals surface area contributed by atoms with Crippen molar-refractivity contribution in [2.45, 2.75) is 6.61 Å². The molecule has 0 saturated carbocycles. The number of nitro groups is 1. The van der Waals surface area contributed by atoms with Gasteiger partial charge in [-0.05, 0) is 18.2 Å². The Balaban J connectivity index is 2.36. The molecule has 0 spiro atoms. The van der Waals surface area contributed by atoms with Crippen LogP contribution in [0.3, 0.4) is 0 Å². The van der Waals surface area contributed by atoms with Gasteiger partial charge in [0.1, 0.15) is 17.3 Å². The molecule has 2 aromatic rings. The summed E-state index contributed by atoms with van der Waals surface area (Å²) in [6, 6.07) is 7.74. The van der Waals surface area contributed by atoms with Crippen molar-refractivity contribution in [2.75, 3.05) is 0 Å². The molecular formula is C13H9ClFNO4. The second-order valence-electron chi connectivity index (χ2n) is 3.85. The largest absolute Gasteiger partial charge is 0.455 e. The molecule has 0 aliphatic heterocycles. The molecule has 0 saturated heterocycles. The molecule has 0 aromatic heterocycles. The third-order valence-corrected chi connectivity index (χ3v) is 2.88. The van der Waals surface area contributed by atoms with Gasteiger partial charge < -0.3 is 9.84 Å². The molecule has 0 amide bonds. The van der Waals surface area contributed by atoms with Crippen molar-refractivity contribution in [3.63, 3.8) is 0 Å². The Kier molecular flexibility index (Phi) is 4.16. The maximum atomic E-state index is 13.5. The molecule has 0 fully saturated rings. The third-order valence-electron chi connectivity index (χ3n) is 2.58. The molecule has 0 unspecified atom stereocenters. The van der Waals surface area contributed by atoms with Crippen molar-refractivity contribution in [1.29, 1.82) is 0 Å². The molecule has 0 aliphatic carbocycles. The Labute approximate surface area is 118 Å². The first-order valence-corrected chi connectivity index (χ1v) is 5.90. The first-order chi connectivity index (χ1) is 9.52. The van der Waals surface area contributed by atoms with E-state index in [1.807, 2.05) is 0 Å². The maximum absolute atomic E-state index is 13.5. The normalized spacial score (nSPS) is 10.3. The van der Waals surface area contributed by atoms with Crippen LogP contribution in [0.1, 0.15) is 5.56 Å². The summed E-state index contributed by atoms with van der Waals surface area (Å²) in [6.45, 7) is -0.535. The van der Waals surface area contributed by atoms with Crippen LogP contribution in [0.4, 0.5) is 10.1 Å². The van der Waals surface area contributed by atoms with Gasteiger partial charge in [0.05, 0.1) is 22.1 Å². The standard InChI is InChI=1S/C13H9ClFNO4/c14-10-6-8(16(18)19)4-5-13(10)20-12-3-1-2-11(15)9(12)7-17/h1-6,17H,7H2. The second kappa shape index (κ2) is 5.85. The maximum Gasteiger partial charge on any atom is 0.271 e. The average Bonchev–Trinajstić information content (AvgIpc) is 2.41. The van der Waals surface area contributed by atoms with Gasteiger partial charge in [-0.2, -0.15) is 0 Å². The minimum absolute atomic E-state index is 0.0121. The summed E-state index contributed by atoms with van der Waals surface area (Å²) in [5, 5.41) is 19.7. The highest BCUT2D eigenvalue weighted by atomic mass is 35.5. The number of nitrogens with zero attached hydrogens (tertiary/aromatic N) is 1. The summed E-state index contributed by atoms with van der Waals surface area (Å²) in [5.41, 5.74) is -0.189. The van der Waals surface area contributed by atoms with Crippen LogP contribution in [0.25, 0.3) is 0 Å². The predicted molar refractivity (Wildman–Crippen MR) is 70.5 cm³/mol. The molecule has 0 atom stereocenters. The van der Waals surface area contributed by atoms with Crippen molar-refractivity contribution < 1.29 is 19.2 Å². The Morgan fingerprint density at radius 3 is 2.65 bits per heavy atom. The number of non-ortho nitro benzene ring substituents is 1. The molecule has 104 valence electrons. The van der Waals surface area contributed by atoms with Crippen LogP contribution in [0.2, 0.25) is 5.02 Å². The fraction of sp³-hybridized carbons (Fsp3) is 0.0769. The average molecular weight is 298 g/mol. The van der Waals surface area contributed by atoms with Gasteiger partial charge in [0.2, 0.25) is 0 Å². The lowest BCUT2D eigenvalue weighted by molar-refractivity contribution is -0.384. The van der Waals surface area contributed by atoms with Crippen molar-refractivity contribution in [3.05, 3.63) is 62.9 Å². The van der Waals surface area contributed by atoms with Crippen molar-refractivity contribution in [3.8, 4) is 11.5 Å². The summed E-state index contributed by atoms with van der Waals surface area (Å²) >= 11 is 5.87. The molecular weight excluding hydrogens is 289 g/mol. The highest BCUT2D eigenvalue weighted by molar-refractivity contribution is 6.32. The molecule has 0 radical (unpaired) electrons. The van der Waals surface area contributed by atoms with E-state index in [-0.39, 0.29) is 27.8 Å². The summed E-state index contributed by atoms with van der Waals surface area (Å²) < 4.78 is 18.9. The van der Waals surface area contributed by atoms with Gasteiger partial charge in [-0.1, -0.05) is 17.7 Å². The van der Waals surface area contributed by atoms with Crippen molar-refractivity contribution in [1.82, 2.24) is 0 Å². The first kappa shape index (κ1) is 14.2. The summed E-state index contributed by atoms with van der Waals surface area (Å²) in [7, 11) is 0. The lowest BCUT2D eigenvalue weighted by atomic mass is 10.2. The SMILES string of the molecule is O=[N+]([O-])c1ccc(Oc2cccc(F)c2CO)c(Cl)c1. The summed E-state index contributed by atoms with van der Waals surface area (Å²) in [6.07, 6.45) is 0. The number of ether oxygens (including phenoxy) is 1.